The van der Waals surface area contributed by atoms with Crippen LogP contribution in [0, 0.1) is 5.82 Å². The SMILES string of the molecule is COc1ccc(C(=O)N[C@H](c2cccc(F)c2)c2nccn2C)nn1. The molecule has 0 aliphatic rings. The van der Waals surface area contributed by atoms with Crippen molar-refractivity contribution < 1.29 is 13.9 Å². The fraction of sp³-hybridized carbons (Fsp3) is 0.176. The fourth-order valence-corrected chi connectivity index (χ4v) is 2.39. The number of benzene rings is 1. The lowest BCUT2D eigenvalue weighted by Crippen LogP contribution is -2.31. The average molecular weight is 341 g/mol. The Balaban J connectivity index is 1.92. The predicted molar refractivity (Wildman–Crippen MR) is 87.5 cm³/mol. The van der Waals surface area contributed by atoms with Crippen LogP contribution in [0.15, 0.2) is 48.8 Å². The maximum absolute atomic E-state index is 13.6. The van der Waals surface area contributed by atoms with Crippen molar-refractivity contribution in [2.24, 2.45) is 7.05 Å². The highest BCUT2D eigenvalue weighted by Gasteiger charge is 2.22. The Bertz CT molecular complexity index is 879. The van der Waals surface area contributed by atoms with E-state index in [1.165, 1.54) is 25.3 Å². The number of carbonyl (C=O) groups is 1. The van der Waals surface area contributed by atoms with Gasteiger partial charge in [0.25, 0.3) is 5.91 Å². The minimum atomic E-state index is -0.632. The lowest BCUT2D eigenvalue weighted by atomic mass is 10.1. The van der Waals surface area contributed by atoms with E-state index in [0.29, 0.717) is 17.3 Å². The largest absolute Gasteiger partial charge is 0.480 e. The molecule has 1 amide bonds. The van der Waals surface area contributed by atoms with E-state index >= 15 is 0 Å². The van der Waals surface area contributed by atoms with Crippen LogP contribution in [0.5, 0.6) is 5.88 Å². The monoisotopic (exact) mass is 341 g/mol. The Morgan fingerprint density at radius 1 is 1.28 bits per heavy atom. The Hall–Kier alpha value is -3.29. The summed E-state index contributed by atoms with van der Waals surface area (Å²) >= 11 is 0. The standard InChI is InChI=1S/C17H16FN5O2/c1-23-9-8-19-16(23)15(11-4-3-5-12(18)10-11)20-17(24)13-6-7-14(25-2)22-21-13/h3-10,15H,1-2H3,(H,20,24)/t15-/m1/s1. The molecule has 0 bridgehead atoms. The van der Waals surface area contributed by atoms with Crippen LogP contribution in [0.1, 0.15) is 27.9 Å². The number of nitrogens with one attached hydrogen (secondary N) is 1. The molecule has 25 heavy (non-hydrogen) atoms. The highest BCUT2D eigenvalue weighted by atomic mass is 19.1. The third kappa shape index (κ3) is 3.63. The number of carbonyl (C=O) groups excluding carboxylic acids is 1. The van der Waals surface area contributed by atoms with Crippen molar-refractivity contribution in [3.63, 3.8) is 0 Å². The van der Waals surface area contributed by atoms with E-state index in [9.17, 15) is 9.18 Å². The molecule has 3 aromatic rings. The number of hydrogen-bond acceptors (Lipinski definition) is 5. The lowest BCUT2D eigenvalue weighted by molar-refractivity contribution is 0.0934. The Morgan fingerprint density at radius 3 is 2.72 bits per heavy atom. The smallest absolute Gasteiger partial charge is 0.272 e. The van der Waals surface area contributed by atoms with Gasteiger partial charge in [-0.3, -0.25) is 4.79 Å². The normalized spacial score (nSPS) is 11.8. The highest BCUT2D eigenvalue weighted by Crippen LogP contribution is 2.21. The summed E-state index contributed by atoms with van der Waals surface area (Å²) < 4.78 is 20.3. The number of halogens is 1. The van der Waals surface area contributed by atoms with Gasteiger partial charge in [-0.25, -0.2) is 9.37 Å². The van der Waals surface area contributed by atoms with Crippen molar-refractivity contribution in [2.45, 2.75) is 6.04 Å². The first-order chi connectivity index (χ1) is 12.1. The number of aryl methyl sites for hydroxylation is 1. The number of nitrogens with zero attached hydrogens (tertiary/aromatic N) is 4. The molecule has 8 heteroatoms. The lowest BCUT2D eigenvalue weighted by Gasteiger charge is -2.19. The number of hydrogen-bond donors (Lipinski definition) is 1. The molecule has 0 spiro atoms. The summed E-state index contributed by atoms with van der Waals surface area (Å²) in [7, 11) is 3.26. The zero-order valence-electron chi connectivity index (χ0n) is 13.7. The van der Waals surface area contributed by atoms with Crippen LogP contribution in [0.3, 0.4) is 0 Å². The number of aromatic nitrogens is 4. The molecule has 0 saturated heterocycles. The van der Waals surface area contributed by atoms with Crippen molar-refractivity contribution in [1.29, 1.82) is 0 Å². The summed E-state index contributed by atoms with van der Waals surface area (Å²) in [5, 5.41) is 10.4. The second kappa shape index (κ2) is 7.08. The van der Waals surface area contributed by atoms with Crippen LogP contribution in [0.25, 0.3) is 0 Å². The van der Waals surface area contributed by atoms with Gasteiger partial charge in [0.05, 0.1) is 7.11 Å². The molecule has 0 aliphatic carbocycles. The molecule has 1 atom stereocenters. The summed E-state index contributed by atoms with van der Waals surface area (Å²) in [4.78, 5) is 16.8. The van der Waals surface area contributed by atoms with Crippen LogP contribution < -0.4 is 10.1 Å². The van der Waals surface area contributed by atoms with Crippen molar-refractivity contribution in [3.8, 4) is 5.88 Å². The van der Waals surface area contributed by atoms with E-state index in [0.717, 1.165) is 0 Å². The van der Waals surface area contributed by atoms with Gasteiger partial charge in [0.15, 0.2) is 5.69 Å². The zero-order valence-corrected chi connectivity index (χ0v) is 13.7. The number of amides is 1. The second-order valence-electron chi connectivity index (χ2n) is 5.32. The van der Waals surface area contributed by atoms with E-state index in [1.54, 1.807) is 42.2 Å². The number of methoxy groups -OCH3 is 1. The molecule has 0 fully saturated rings. The molecule has 0 unspecified atom stereocenters. The molecule has 2 aromatic heterocycles. The van der Waals surface area contributed by atoms with Gasteiger partial charge in [-0.05, 0) is 23.8 Å². The second-order valence-corrected chi connectivity index (χ2v) is 5.32. The molecule has 128 valence electrons. The van der Waals surface area contributed by atoms with Crippen LogP contribution in [0.2, 0.25) is 0 Å². The Kier molecular flexibility index (Phi) is 4.69. The molecule has 3 rings (SSSR count). The number of rotatable bonds is 5. The van der Waals surface area contributed by atoms with E-state index in [4.69, 9.17) is 4.74 Å². The molecule has 0 saturated carbocycles. The topological polar surface area (TPSA) is 81.9 Å². The first-order valence-electron chi connectivity index (χ1n) is 7.49. The summed E-state index contributed by atoms with van der Waals surface area (Å²) in [6.45, 7) is 0. The molecule has 1 aromatic carbocycles. The summed E-state index contributed by atoms with van der Waals surface area (Å²) in [5.74, 6) is 0.0327. The van der Waals surface area contributed by atoms with E-state index in [-0.39, 0.29) is 5.69 Å². The van der Waals surface area contributed by atoms with Gasteiger partial charge in [-0.1, -0.05) is 12.1 Å². The van der Waals surface area contributed by atoms with Gasteiger partial charge in [-0.2, -0.15) is 0 Å². The summed E-state index contributed by atoms with van der Waals surface area (Å²) in [6.07, 6.45) is 3.36. The summed E-state index contributed by atoms with van der Waals surface area (Å²) in [6, 6.07) is 8.42. The van der Waals surface area contributed by atoms with Crippen molar-refractivity contribution in [1.82, 2.24) is 25.1 Å². The van der Waals surface area contributed by atoms with Crippen LogP contribution >= 0.6 is 0 Å². The fourth-order valence-electron chi connectivity index (χ4n) is 2.39. The van der Waals surface area contributed by atoms with Gasteiger partial charge in [0.2, 0.25) is 5.88 Å². The molecular weight excluding hydrogens is 325 g/mol. The van der Waals surface area contributed by atoms with Crippen LogP contribution in [-0.2, 0) is 7.05 Å². The van der Waals surface area contributed by atoms with Gasteiger partial charge in [-0.15, -0.1) is 10.2 Å². The minimum Gasteiger partial charge on any atom is -0.480 e. The van der Waals surface area contributed by atoms with Gasteiger partial charge in [0, 0.05) is 25.5 Å². The van der Waals surface area contributed by atoms with E-state index < -0.39 is 17.8 Å². The maximum Gasteiger partial charge on any atom is 0.272 e. The highest BCUT2D eigenvalue weighted by molar-refractivity contribution is 5.92. The summed E-state index contributed by atoms with van der Waals surface area (Å²) in [5.41, 5.74) is 0.695. The molecule has 0 aliphatic heterocycles. The van der Waals surface area contributed by atoms with Gasteiger partial charge < -0.3 is 14.6 Å². The third-order valence-electron chi connectivity index (χ3n) is 3.66. The molecule has 7 nitrogen and oxygen atoms in total. The van der Waals surface area contributed by atoms with Crippen LogP contribution in [0.4, 0.5) is 4.39 Å². The van der Waals surface area contributed by atoms with Gasteiger partial charge in [0.1, 0.15) is 17.7 Å². The van der Waals surface area contributed by atoms with Crippen molar-refractivity contribution in [2.75, 3.05) is 7.11 Å². The van der Waals surface area contributed by atoms with Crippen molar-refractivity contribution in [3.05, 3.63) is 71.7 Å². The molecule has 1 N–H and O–H groups in total. The van der Waals surface area contributed by atoms with Crippen LogP contribution in [-0.4, -0.2) is 32.8 Å². The quantitative estimate of drug-likeness (QED) is 0.766. The van der Waals surface area contributed by atoms with Gasteiger partial charge >= 0.3 is 0 Å². The molecule has 2 heterocycles. The zero-order chi connectivity index (χ0) is 17.8. The first-order valence-corrected chi connectivity index (χ1v) is 7.49. The Morgan fingerprint density at radius 2 is 2.12 bits per heavy atom. The average Bonchev–Trinajstić information content (AvgIpc) is 3.05. The molecular formula is C17H16FN5O2. The van der Waals surface area contributed by atoms with Crippen molar-refractivity contribution >= 4 is 5.91 Å². The molecule has 0 radical (unpaired) electrons. The maximum atomic E-state index is 13.6. The number of imidazole rings is 1. The third-order valence-corrected chi connectivity index (χ3v) is 3.66. The number of ether oxygens (including phenoxy) is 1. The predicted octanol–water partition coefficient (Wildman–Crippen LogP) is 1.88. The van der Waals surface area contributed by atoms with E-state index in [1.807, 2.05) is 0 Å². The van der Waals surface area contributed by atoms with E-state index in [2.05, 4.69) is 20.5 Å². The Labute approximate surface area is 143 Å². The first kappa shape index (κ1) is 16.6. The minimum absolute atomic E-state index is 0.122.